The summed E-state index contributed by atoms with van der Waals surface area (Å²) in [6, 6.07) is 11.5. The van der Waals surface area contributed by atoms with Crippen molar-refractivity contribution in [1.82, 2.24) is 0 Å². The van der Waals surface area contributed by atoms with Crippen molar-refractivity contribution >= 4 is 18.0 Å². The molecule has 0 N–H and O–H groups in total. The highest BCUT2D eigenvalue weighted by atomic mass is 31.2. The Morgan fingerprint density at radius 1 is 0.964 bits per heavy atom. The van der Waals surface area contributed by atoms with Gasteiger partial charge in [0.25, 0.3) is 0 Å². The summed E-state index contributed by atoms with van der Waals surface area (Å²) in [5.41, 5.74) is 4.71. The molecule has 0 aliphatic rings. The molecule has 152 valence electrons. The summed E-state index contributed by atoms with van der Waals surface area (Å²) in [5.74, 6) is 0.307. The second-order valence-corrected chi connectivity index (χ2v) is 10.9. The van der Waals surface area contributed by atoms with Crippen LogP contribution >= 0.6 is 7.14 Å². The van der Waals surface area contributed by atoms with Gasteiger partial charge in [-0.2, -0.15) is 0 Å². The second-order valence-electron chi connectivity index (χ2n) is 8.11. The number of benzene rings is 2. The number of carbonyl (C=O) groups excluding carboxylic acids is 1. The summed E-state index contributed by atoms with van der Waals surface area (Å²) in [5, 5.41) is 0.701. The van der Waals surface area contributed by atoms with Crippen LogP contribution in [0, 0.1) is 33.6 Å². The van der Waals surface area contributed by atoms with E-state index in [1.54, 1.807) is 0 Å². The molecule has 2 aromatic rings. The number of hydrogen-bond acceptors (Lipinski definition) is 2. The summed E-state index contributed by atoms with van der Waals surface area (Å²) in [6.07, 6.45) is 4.69. The van der Waals surface area contributed by atoms with Crippen molar-refractivity contribution in [3.05, 3.63) is 64.2 Å². The average Bonchev–Trinajstić information content (AvgIpc) is 2.69. The number of carbonyl (C=O) groups is 1. The van der Waals surface area contributed by atoms with Gasteiger partial charge in [0.1, 0.15) is 0 Å². The van der Waals surface area contributed by atoms with Crippen molar-refractivity contribution in [3.8, 4) is 0 Å². The Morgan fingerprint density at radius 3 is 2.18 bits per heavy atom. The lowest BCUT2D eigenvalue weighted by Gasteiger charge is -2.25. The van der Waals surface area contributed by atoms with Gasteiger partial charge in [0.2, 0.25) is 5.52 Å². The molecule has 2 atom stereocenters. The molecule has 0 aliphatic carbocycles. The maximum absolute atomic E-state index is 14.4. The van der Waals surface area contributed by atoms with Crippen LogP contribution in [0.2, 0.25) is 0 Å². The van der Waals surface area contributed by atoms with Gasteiger partial charge >= 0.3 is 0 Å². The van der Waals surface area contributed by atoms with E-state index in [4.69, 9.17) is 0 Å². The zero-order valence-corrected chi connectivity index (χ0v) is 19.2. The SMILES string of the molecule is CCCCC(CC)CP(=O)(C(=O)c1c(C)cc(C)c(C)c1C)c1ccccc1. The van der Waals surface area contributed by atoms with Crippen LogP contribution in [-0.2, 0) is 4.57 Å². The third-order valence-electron chi connectivity index (χ3n) is 6.13. The van der Waals surface area contributed by atoms with Crippen LogP contribution < -0.4 is 5.30 Å². The Bertz CT molecular complexity index is 868. The lowest BCUT2D eigenvalue weighted by Crippen LogP contribution is -2.22. The highest BCUT2D eigenvalue weighted by Crippen LogP contribution is 2.51. The van der Waals surface area contributed by atoms with Crippen LogP contribution in [-0.4, -0.2) is 11.7 Å². The molecule has 0 bridgehead atoms. The predicted molar refractivity (Wildman–Crippen MR) is 122 cm³/mol. The molecule has 0 spiro atoms. The monoisotopic (exact) mass is 398 g/mol. The molecule has 2 aromatic carbocycles. The van der Waals surface area contributed by atoms with Gasteiger partial charge in [0.05, 0.1) is 0 Å². The van der Waals surface area contributed by atoms with E-state index >= 15 is 0 Å². The minimum atomic E-state index is -3.23. The van der Waals surface area contributed by atoms with E-state index < -0.39 is 7.14 Å². The molecule has 0 aliphatic heterocycles. The average molecular weight is 399 g/mol. The van der Waals surface area contributed by atoms with Crippen molar-refractivity contribution in [2.24, 2.45) is 5.92 Å². The lowest BCUT2D eigenvalue weighted by molar-refractivity contribution is 0.107. The first-order chi connectivity index (χ1) is 13.3. The van der Waals surface area contributed by atoms with Crippen molar-refractivity contribution in [2.45, 2.75) is 67.2 Å². The molecule has 0 radical (unpaired) electrons. The number of aryl methyl sites for hydroxylation is 2. The largest absolute Gasteiger partial charge is 0.310 e. The first-order valence-corrected chi connectivity index (χ1v) is 12.4. The van der Waals surface area contributed by atoms with Gasteiger partial charge in [-0.15, -0.1) is 0 Å². The van der Waals surface area contributed by atoms with Gasteiger partial charge < -0.3 is 4.57 Å². The molecule has 0 heterocycles. The molecule has 2 rings (SSSR count). The van der Waals surface area contributed by atoms with Gasteiger partial charge in [-0.1, -0.05) is 69.5 Å². The van der Waals surface area contributed by atoms with E-state index in [-0.39, 0.29) is 5.52 Å². The Kier molecular flexibility index (Phi) is 7.84. The summed E-state index contributed by atoms with van der Waals surface area (Å²) < 4.78 is 14.4. The molecule has 3 heteroatoms. The highest BCUT2D eigenvalue weighted by Gasteiger charge is 2.38. The molecule has 0 amide bonds. The van der Waals surface area contributed by atoms with Crippen molar-refractivity contribution < 1.29 is 9.36 Å². The maximum Gasteiger partial charge on any atom is 0.226 e. The van der Waals surface area contributed by atoms with Crippen LogP contribution in [0.4, 0.5) is 0 Å². The topological polar surface area (TPSA) is 34.1 Å². The molecule has 0 fully saturated rings. The van der Waals surface area contributed by atoms with Crippen LogP contribution in [0.5, 0.6) is 0 Å². The number of unbranched alkanes of at least 4 members (excludes halogenated alkanes) is 1. The molecule has 28 heavy (non-hydrogen) atoms. The fourth-order valence-corrected chi connectivity index (χ4v) is 7.19. The molecule has 0 aromatic heterocycles. The zero-order valence-electron chi connectivity index (χ0n) is 18.3. The van der Waals surface area contributed by atoms with E-state index in [2.05, 4.69) is 26.8 Å². The smallest absolute Gasteiger partial charge is 0.226 e. The van der Waals surface area contributed by atoms with Crippen LogP contribution in [0.1, 0.15) is 72.1 Å². The van der Waals surface area contributed by atoms with Crippen LogP contribution in [0.25, 0.3) is 0 Å². The lowest BCUT2D eigenvalue weighted by atomic mass is 9.95. The number of rotatable bonds is 9. The number of hydrogen-bond donors (Lipinski definition) is 0. The standard InChI is InChI=1S/C25H35O2P/c1-7-9-13-22(8-2)17-28(27,23-14-11-10-12-15-23)25(26)24-19(4)16-18(3)20(5)21(24)6/h10-12,14-16,22H,7-9,13,17H2,1-6H3. The minimum absolute atomic E-state index is 0.160. The summed E-state index contributed by atoms with van der Waals surface area (Å²) in [6.45, 7) is 12.4. The van der Waals surface area contributed by atoms with Gasteiger partial charge in [0.15, 0.2) is 7.14 Å². The molecular formula is C25H35O2P. The zero-order chi connectivity index (χ0) is 20.9. The van der Waals surface area contributed by atoms with Crippen molar-refractivity contribution in [2.75, 3.05) is 6.16 Å². The maximum atomic E-state index is 14.4. The van der Waals surface area contributed by atoms with E-state index in [0.717, 1.165) is 42.4 Å². The third kappa shape index (κ3) is 4.66. The van der Waals surface area contributed by atoms with E-state index in [9.17, 15) is 9.36 Å². The van der Waals surface area contributed by atoms with Crippen molar-refractivity contribution in [1.29, 1.82) is 0 Å². The van der Waals surface area contributed by atoms with Gasteiger partial charge in [-0.3, -0.25) is 4.79 Å². The fraction of sp³-hybridized carbons (Fsp3) is 0.480. The quantitative estimate of drug-likeness (QED) is 0.428. The normalized spacial score (nSPS) is 14.5. The molecule has 0 saturated heterocycles. The molecule has 2 unspecified atom stereocenters. The third-order valence-corrected chi connectivity index (χ3v) is 9.17. The van der Waals surface area contributed by atoms with E-state index in [0.29, 0.717) is 22.9 Å². The Morgan fingerprint density at radius 2 is 1.61 bits per heavy atom. The molecule has 2 nitrogen and oxygen atoms in total. The summed E-state index contributed by atoms with van der Waals surface area (Å²) in [4.78, 5) is 13.8. The van der Waals surface area contributed by atoms with Gasteiger partial charge in [-0.05, 0) is 62.3 Å². The Labute approximate surface area is 171 Å². The van der Waals surface area contributed by atoms with Crippen LogP contribution in [0.3, 0.4) is 0 Å². The first-order valence-electron chi connectivity index (χ1n) is 10.5. The molecule has 0 saturated carbocycles. The van der Waals surface area contributed by atoms with Crippen LogP contribution in [0.15, 0.2) is 36.4 Å². The second kappa shape index (κ2) is 9.70. The summed E-state index contributed by atoms with van der Waals surface area (Å²) in [7, 11) is -3.23. The molecular weight excluding hydrogens is 363 g/mol. The highest BCUT2D eigenvalue weighted by molar-refractivity contribution is 7.87. The van der Waals surface area contributed by atoms with E-state index in [1.165, 1.54) is 5.56 Å². The fourth-order valence-electron chi connectivity index (χ4n) is 4.05. The van der Waals surface area contributed by atoms with E-state index in [1.807, 2.05) is 51.1 Å². The predicted octanol–water partition coefficient (Wildman–Crippen LogP) is 6.97. The van der Waals surface area contributed by atoms with Crippen molar-refractivity contribution in [3.63, 3.8) is 0 Å². The Hall–Kier alpha value is -1.66. The summed E-state index contributed by atoms with van der Waals surface area (Å²) >= 11 is 0. The minimum Gasteiger partial charge on any atom is -0.310 e. The van der Waals surface area contributed by atoms with Gasteiger partial charge in [-0.25, -0.2) is 0 Å². The first kappa shape index (κ1) is 22.6. The Balaban J connectivity index is 2.59. The van der Waals surface area contributed by atoms with Gasteiger partial charge in [0, 0.05) is 17.0 Å².